The average molecular weight is 426 g/mol. The summed E-state index contributed by atoms with van der Waals surface area (Å²) in [7, 11) is 0. The number of fused-ring (bicyclic) bond motifs is 1. The summed E-state index contributed by atoms with van der Waals surface area (Å²) in [6, 6.07) is 15.5. The molecule has 0 aliphatic heterocycles. The Morgan fingerprint density at radius 3 is 2.52 bits per heavy atom. The standard InChI is InChI=1S/C16H10Br2O2S/c17-12-3-1-11-8-13(4-2-10(11)7-12)20-9-14(19)15-5-6-16(18)21-15/h1-8H,9H2. The number of carbonyl (C=O) groups excluding carboxylic acids is 1. The van der Waals surface area contributed by atoms with Gasteiger partial charge in [-0.15, -0.1) is 11.3 Å². The summed E-state index contributed by atoms with van der Waals surface area (Å²) in [4.78, 5) is 12.7. The molecule has 1 aromatic heterocycles. The van der Waals surface area contributed by atoms with Crippen LogP contribution in [-0.2, 0) is 0 Å². The summed E-state index contributed by atoms with van der Waals surface area (Å²) in [5.41, 5.74) is 0. The van der Waals surface area contributed by atoms with Gasteiger partial charge in [0, 0.05) is 4.47 Å². The highest BCUT2D eigenvalue weighted by Gasteiger charge is 2.09. The second kappa shape index (κ2) is 6.30. The number of Topliss-reactive ketones (excluding diaryl/α,β-unsaturated/α-hetero) is 1. The molecule has 21 heavy (non-hydrogen) atoms. The first-order valence-electron chi connectivity index (χ1n) is 6.22. The molecule has 0 bridgehead atoms. The number of thiophene rings is 1. The number of halogens is 2. The number of hydrogen-bond acceptors (Lipinski definition) is 3. The van der Waals surface area contributed by atoms with Crippen LogP contribution in [0.25, 0.3) is 10.8 Å². The zero-order chi connectivity index (χ0) is 14.8. The highest BCUT2D eigenvalue weighted by molar-refractivity contribution is 9.11. The van der Waals surface area contributed by atoms with Gasteiger partial charge >= 0.3 is 0 Å². The van der Waals surface area contributed by atoms with E-state index in [9.17, 15) is 4.79 Å². The van der Waals surface area contributed by atoms with Crippen LogP contribution in [0.4, 0.5) is 0 Å². The third-order valence-corrected chi connectivity index (χ3v) is 5.15. The third kappa shape index (κ3) is 3.54. The lowest BCUT2D eigenvalue weighted by atomic mass is 10.1. The quantitative estimate of drug-likeness (QED) is 0.502. The van der Waals surface area contributed by atoms with Gasteiger partial charge in [-0.05, 0) is 63.1 Å². The monoisotopic (exact) mass is 424 g/mol. The predicted octanol–water partition coefficient (Wildman–Crippen LogP) is 5.69. The third-order valence-electron chi connectivity index (χ3n) is 2.99. The first-order valence-corrected chi connectivity index (χ1v) is 8.63. The number of ether oxygens (including phenoxy) is 1. The zero-order valence-corrected chi connectivity index (χ0v) is 14.8. The maximum absolute atomic E-state index is 12.0. The molecule has 0 unspecified atom stereocenters. The van der Waals surface area contributed by atoms with Gasteiger partial charge in [-0.25, -0.2) is 0 Å². The first kappa shape index (κ1) is 14.8. The highest BCUT2D eigenvalue weighted by Crippen LogP contribution is 2.25. The highest BCUT2D eigenvalue weighted by atomic mass is 79.9. The van der Waals surface area contributed by atoms with Gasteiger partial charge in [0.15, 0.2) is 6.61 Å². The fourth-order valence-corrected chi connectivity index (χ4v) is 3.66. The molecule has 0 aliphatic carbocycles. The lowest BCUT2D eigenvalue weighted by molar-refractivity contribution is 0.0925. The summed E-state index contributed by atoms with van der Waals surface area (Å²) < 4.78 is 7.59. The van der Waals surface area contributed by atoms with Crippen molar-refractivity contribution < 1.29 is 9.53 Å². The van der Waals surface area contributed by atoms with Gasteiger partial charge in [0.2, 0.25) is 5.78 Å². The fourth-order valence-electron chi connectivity index (χ4n) is 1.97. The Hall–Kier alpha value is -1.17. The van der Waals surface area contributed by atoms with Crippen LogP contribution in [0.1, 0.15) is 9.67 Å². The van der Waals surface area contributed by atoms with Gasteiger partial charge in [-0.3, -0.25) is 4.79 Å². The minimum Gasteiger partial charge on any atom is -0.485 e. The van der Waals surface area contributed by atoms with Gasteiger partial charge in [0.25, 0.3) is 0 Å². The minimum absolute atomic E-state index is 0.0124. The lowest BCUT2D eigenvalue weighted by Gasteiger charge is -2.06. The van der Waals surface area contributed by atoms with Crippen molar-refractivity contribution >= 4 is 59.8 Å². The van der Waals surface area contributed by atoms with Crippen molar-refractivity contribution in [3.63, 3.8) is 0 Å². The second-order valence-electron chi connectivity index (χ2n) is 4.47. The summed E-state index contributed by atoms with van der Waals surface area (Å²) in [5, 5.41) is 2.22. The smallest absolute Gasteiger partial charge is 0.210 e. The minimum atomic E-state index is -0.0124. The van der Waals surface area contributed by atoms with Crippen LogP contribution >= 0.6 is 43.2 Å². The molecule has 2 aromatic carbocycles. The number of benzene rings is 2. The zero-order valence-electron chi connectivity index (χ0n) is 10.8. The van der Waals surface area contributed by atoms with Crippen molar-refractivity contribution in [2.75, 3.05) is 6.61 Å². The molecule has 0 spiro atoms. The summed E-state index contributed by atoms with van der Waals surface area (Å²) >= 11 is 8.22. The van der Waals surface area contributed by atoms with E-state index in [2.05, 4.69) is 31.9 Å². The van der Waals surface area contributed by atoms with E-state index in [-0.39, 0.29) is 12.4 Å². The van der Waals surface area contributed by atoms with E-state index in [1.807, 2.05) is 42.5 Å². The fraction of sp³-hybridized carbons (Fsp3) is 0.0625. The van der Waals surface area contributed by atoms with E-state index >= 15 is 0 Å². The Morgan fingerprint density at radius 1 is 1.00 bits per heavy atom. The molecule has 0 N–H and O–H groups in total. The topological polar surface area (TPSA) is 26.3 Å². The van der Waals surface area contributed by atoms with Gasteiger partial charge in [0.1, 0.15) is 5.75 Å². The van der Waals surface area contributed by atoms with Crippen LogP contribution in [0.5, 0.6) is 5.75 Å². The molecule has 0 saturated carbocycles. The SMILES string of the molecule is O=C(COc1ccc2cc(Br)ccc2c1)c1ccc(Br)s1. The van der Waals surface area contributed by atoms with Gasteiger partial charge in [-0.2, -0.15) is 0 Å². The molecule has 1 heterocycles. The molecule has 0 atom stereocenters. The Bertz CT molecular complexity index is 811. The molecule has 0 radical (unpaired) electrons. The Labute approximate surface area is 143 Å². The van der Waals surface area contributed by atoms with E-state index in [0.29, 0.717) is 10.6 Å². The maximum Gasteiger partial charge on any atom is 0.210 e. The Balaban J connectivity index is 1.73. The summed E-state index contributed by atoms with van der Waals surface area (Å²) in [6.45, 7) is 0.0506. The van der Waals surface area contributed by atoms with Crippen LogP contribution in [-0.4, -0.2) is 12.4 Å². The molecule has 3 rings (SSSR count). The van der Waals surface area contributed by atoms with Gasteiger partial charge < -0.3 is 4.74 Å². The first-order chi connectivity index (χ1) is 10.1. The van der Waals surface area contributed by atoms with Crippen molar-refractivity contribution in [1.82, 2.24) is 0 Å². The number of carbonyl (C=O) groups is 1. The van der Waals surface area contributed by atoms with Crippen molar-refractivity contribution in [1.29, 1.82) is 0 Å². The molecule has 0 aliphatic rings. The molecule has 106 valence electrons. The summed E-state index contributed by atoms with van der Waals surface area (Å²) in [5.74, 6) is 0.690. The van der Waals surface area contributed by atoms with Crippen molar-refractivity contribution in [3.8, 4) is 5.75 Å². The van der Waals surface area contributed by atoms with Crippen LogP contribution < -0.4 is 4.74 Å². The van der Waals surface area contributed by atoms with Crippen LogP contribution in [0.3, 0.4) is 0 Å². The number of ketones is 1. The molecular weight excluding hydrogens is 416 g/mol. The second-order valence-corrected chi connectivity index (χ2v) is 7.85. The van der Waals surface area contributed by atoms with Crippen LogP contribution in [0.2, 0.25) is 0 Å². The molecular formula is C16H10Br2O2S. The van der Waals surface area contributed by atoms with E-state index in [1.54, 1.807) is 6.07 Å². The van der Waals surface area contributed by atoms with Crippen LogP contribution in [0.15, 0.2) is 56.8 Å². The Morgan fingerprint density at radius 2 is 1.76 bits per heavy atom. The van der Waals surface area contributed by atoms with Gasteiger partial charge in [-0.1, -0.05) is 28.1 Å². The normalized spacial score (nSPS) is 10.8. The predicted molar refractivity (Wildman–Crippen MR) is 93.5 cm³/mol. The van der Waals surface area contributed by atoms with Crippen LogP contribution in [0, 0.1) is 0 Å². The number of hydrogen-bond donors (Lipinski definition) is 0. The van der Waals surface area contributed by atoms with E-state index < -0.39 is 0 Å². The van der Waals surface area contributed by atoms with Crippen molar-refractivity contribution in [2.45, 2.75) is 0 Å². The number of rotatable bonds is 4. The maximum atomic E-state index is 12.0. The lowest BCUT2D eigenvalue weighted by Crippen LogP contribution is -2.09. The molecule has 3 aromatic rings. The molecule has 5 heteroatoms. The average Bonchev–Trinajstić information content (AvgIpc) is 2.91. The van der Waals surface area contributed by atoms with E-state index in [0.717, 1.165) is 19.0 Å². The molecule has 0 saturated heterocycles. The molecule has 0 fully saturated rings. The summed E-state index contributed by atoms with van der Waals surface area (Å²) in [6.07, 6.45) is 0. The molecule has 2 nitrogen and oxygen atoms in total. The van der Waals surface area contributed by atoms with Crippen molar-refractivity contribution in [2.24, 2.45) is 0 Å². The van der Waals surface area contributed by atoms with Crippen molar-refractivity contribution in [3.05, 3.63) is 61.7 Å². The van der Waals surface area contributed by atoms with E-state index in [1.165, 1.54) is 11.3 Å². The largest absolute Gasteiger partial charge is 0.485 e. The van der Waals surface area contributed by atoms with E-state index in [4.69, 9.17) is 4.74 Å². The van der Waals surface area contributed by atoms with Gasteiger partial charge in [0.05, 0.1) is 8.66 Å². The molecule has 0 amide bonds. The Kier molecular flexibility index (Phi) is 4.42.